The Labute approximate surface area is 143 Å². The van der Waals surface area contributed by atoms with E-state index in [0.29, 0.717) is 11.9 Å². The Bertz CT molecular complexity index is 596. The van der Waals surface area contributed by atoms with Crippen molar-refractivity contribution in [2.75, 3.05) is 26.2 Å². The molecule has 1 aromatic heterocycles. The minimum atomic E-state index is 0.165. The monoisotopic (exact) mass is 327 g/mol. The molecule has 2 fully saturated rings. The van der Waals surface area contributed by atoms with E-state index in [1.165, 1.54) is 5.56 Å². The normalized spacial score (nSPS) is 28.1. The van der Waals surface area contributed by atoms with Crippen molar-refractivity contribution >= 4 is 5.91 Å². The van der Waals surface area contributed by atoms with Crippen molar-refractivity contribution in [3.05, 3.63) is 42.2 Å². The maximum absolute atomic E-state index is 12.8. The highest BCUT2D eigenvalue weighted by Crippen LogP contribution is 2.27. The number of hydrogen-bond acceptors (Lipinski definition) is 4. The summed E-state index contributed by atoms with van der Waals surface area (Å²) in [5, 5.41) is 0. The zero-order valence-corrected chi connectivity index (χ0v) is 14.0. The average molecular weight is 327 g/mol. The standard InChI is InChI=1S/C19H25N3O2/c23-19(16-5-1-2-6-16)22-9-7-18-17(14-22)21(10-11-24-18)13-15-4-3-8-20-12-15/h1-4,8,12,16-18H,5-7,9-11,13-14H2/t17-,18-/m0/s1. The summed E-state index contributed by atoms with van der Waals surface area (Å²) in [4.78, 5) is 21.5. The number of likely N-dealkylation sites (tertiary alicyclic amines) is 1. The van der Waals surface area contributed by atoms with E-state index in [9.17, 15) is 4.79 Å². The third-order valence-electron chi connectivity index (χ3n) is 5.48. The van der Waals surface area contributed by atoms with Crippen LogP contribution >= 0.6 is 0 Å². The SMILES string of the molecule is O=C(C1CC=CC1)N1CC[C@@H]2OCCN(Cc3cccnc3)[C@H]2C1. The molecule has 1 aromatic rings. The molecule has 4 rings (SSSR count). The molecule has 0 spiro atoms. The van der Waals surface area contributed by atoms with E-state index in [4.69, 9.17) is 4.74 Å². The van der Waals surface area contributed by atoms with Crippen LogP contribution in [0.25, 0.3) is 0 Å². The van der Waals surface area contributed by atoms with Gasteiger partial charge >= 0.3 is 0 Å². The largest absolute Gasteiger partial charge is 0.375 e. The molecular weight excluding hydrogens is 302 g/mol. The Morgan fingerprint density at radius 3 is 2.96 bits per heavy atom. The summed E-state index contributed by atoms with van der Waals surface area (Å²) in [6.45, 7) is 4.20. The molecule has 5 heteroatoms. The van der Waals surface area contributed by atoms with Crippen LogP contribution < -0.4 is 0 Å². The first kappa shape index (κ1) is 15.8. The molecule has 24 heavy (non-hydrogen) atoms. The molecule has 1 aliphatic carbocycles. The number of pyridine rings is 1. The van der Waals surface area contributed by atoms with Crippen LogP contribution in [0.4, 0.5) is 0 Å². The molecule has 5 nitrogen and oxygen atoms in total. The zero-order chi connectivity index (χ0) is 16.4. The number of ether oxygens (including phenoxy) is 1. The summed E-state index contributed by atoms with van der Waals surface area (Å²) in [5.74, 6) is 0.489. The van der Waals surface area contributed by atoms with Crippen molar-refractivity contribution in [2.45, 2.75) is 38.0 Å². The molecule has 0 unspecified atom stereocenters. The first-order chi connectivity index (χ1) is 11.8. The predicted molar refractivity (Wildman–Crippen MR) is 91.2 cm³/mol. The van der Waals surface area contributed by atoms with Gasteiger partial charge in [0.25, 0.3) is 0 Å². The van der Waals surface area contributed by atoms with Crippen LogP contribution in [0.2, 0.25) is 0 Å². The highest BCUT2D eigenvalue weighted by Gasteiger charge is 2.39. The van der Waals surface area contributed by atoms with Crippen molar-refractivity contribution < 1.29 is 9.53 Å². The molecule has 3 aliphatic rings. The maximum atomic E-state index is 12.8. The van der Waals surface area contributed by atoms with Crippen molar-refractivity contribution in [3.8, 4) is 0 Å². The van der Waals surface area contributed by atoms with Gasteiger partial charge in [0, 0.05) is 44.5 Å². The highest BCUT2D eigenvalue weighted by atomic mass is 16.5. The van der Waals surface area contributed by atoms with Crippen LogP contribution in [0.5, 0.6) is 0 Å². The fourth-order valence-electron chi connectivity index (χ4n) is 4.14. The molecule has 0 N–H and O–H groups in total. The molecule has 0 aromatic carbocycles. The van der Waals surface area contributed by atoms with Gasteiger partial charge in [0.1, 0.15) is 0 Å². The summed E-state index contributed by atoms with van der Waals surface area (Å²) in [7, 11) is 0. The third kappa shape index (κ3) is 3.23. The maximum Gasteiger partial charge on any atom is 0.226 e. The number of morpholine rings is 1. The highest BCUT2D eigenvalue weighted by molar-refractivity contribution is 5.79. The van der Waals surface area contributed by atoms with Crippen LogP contribution in [0.3, 0.4) is 0 Å². The third-order valence-corrected chi connectivity index (χ3v) is 5.48. The van der Waals surface area contributed by atoms with E-state index in [1.54, 1.807) is 0 Å². The van der Waals surface area contributed by atoms with Gasteiger partial charge in [0.2, 0.25) is 5.91 Å². The van der Waals surface area contributed by atoms with Crippen molar-refractivity contribution in [1.82, 2.24) is 14.8 Å². The van der Waals surface area contributed by atoms with Crippen LogP contribution in [0, 0.1) is 5.92 Å². The van der Waals surface area contributed by atoms with Gasteiger partial charge in [0.05, 0.1) is 18.8 Å². The number of piperidine rings is 1. The Morgan fingerprint density at radius 2 is 2.17 bits per heavy atom. The minimum Gasteiger partial charge on any atom is -0.375 e. The van der Waals surface area contributed by atoms with E-state index >= 15 is 0 Å². The Hall–Kier alpha value is -1.72. The number of hydrogen-bond donors (Lipinski definition) is 0. The van der Waals surface area contributed by atoms with Gasteiger partial charge in [-0.2, -0.15) is 0 Å². The van der Waals surface area contributed by atoms with Gasteiger partial charge in [-0.25, -0.2) is 0 Å². The smallest absolute Gasteiger partial charge is 0.226 e. The lowest BCUT2D eigenvalue weighted by molar-refractivity contribution is -0.147. The fourth-order valence-corrected chi connectivity index (χ4v) is 4.14. The van der Waals surface area contributed by atoms with Crippen LogP contribution in [-0.4, -0.2) is 59.1 Å². The second kappa shape index (κ2) is 7.03. The topological polar surface area (TPSA) is 45.7 Å². The molecule has 1 amide bonds. The van der Waals surface area contributed by atoms with E-state index in [2.05, 4.69) is 33.0 Å². The lowest BCUT2D eigenvalue weighted by Crippen LogP contribution is -2.60. The van der Waals surface area contributed by atoms with E-state index in [1.807, 2.05) is 18.5 Å². The summed E-state index contributed by atoms with van der Waals surface area (Å²) >= 11 is 0. The van der Waals surface area contributed by atoms with Crippen molar-refractivity contribution in [1.29, 1.82) is 0 Å². The fraction of sp³-hybridized carbons (Fsp3) is 0.579. The number of allylic oxidation sites excluding steroid dienone is 2. The van der Waals surface area contributed by atoms with Gasteiger partial charge in [-0.05, 0) is 30.9 Å². The Morgan fingerprint density at radius 1 is 1.29 bits per heavy atom. The number of fused-ring (bicyclic) bond motifs is 1. The molecule has 128 valence electrons. The molecular formula is C19H25N3O2. The van der Waals surface area contributed by atoms with E-state index in [0.717, 1.165) is 52.0 Å². The molecule has 0 radical (unpaired) electrons. The molecule has 2 saturated heterocycles. The van der Waals surface area contributed by atoms with Gasteiger partial charge in [-0.15, -0.1) is 0 Å². The number of amides is 1. The van der Waals surface area contributed by atoms with Crippen LogP contribution in [0.15, 0.2) is 36.7 Å². The van der Waals surface area contributed by atoms with Crippen LogP contribution in [0.1, 0.15) is 24.8 Å². The van der Waals surface area contributed by atoms with Gasteiger partial charge in [-0.3, -0.25) is 14.7 Å². The van der Waals surface area contributed by atoms with Gasteiger partial charge < -0.3 is 9.64 Å². The Balaban J connectivity index is 1.44. The van der Waals surface area contributed by atoms with Gasteiger partial charge in [-0.1, -0.05) is 18.2 Å². The quantitative estimate of drug-likeness (QED) is 0.795. The predicted octanol–water partition coefficient (Wildman–Crippen LogP) is 1.85. The molecule has 0 bridgehead atoms. The number of rotatable bonds is 3. The van der Waals surface area contributed by atoms with Crippen molar-refractivity contribution in [3.63, 3.8) is 0 Å². The van der Waals surface area contributed by atoms with Crippen molar-refractivity contribution in [2.24, 2.45) is 5.92 Å². The lowest BCUT2D eigenvalue weighted by atomic mass is 9.96. The van der Waals surface area contributed by atoms with Crippen LogP contribution in [-0.2, 0) is 16.1 Å². The molecule has 2 atom stereocenters. The second-order valence-corrected chi connectivity index (χ2v) is 7.02. The lowest BCUT2D eigenvalue weighted by Gasteiger charge is -2.47. The Kier molecular flexibility index (Phi) is 4.63. The summed E-state index contributed by atoms with van der Waals surface area (Å²) < 4.78 is 6.00. The molecule has 0 saturated carbocycles. The number of nitrogens with zero attached hydrogens (tertiary/aromatic N) is 3. The summed E-state index contributed by atoms with van der Waals surface area (Å²) in [6, 6.07) is 4.40. The van der Waals surface area contributed by atoms with E-state index in [-0.39, 0.29) is 12.0 Å². The number of carbonyl (C=O) groups is 1. The minimum absolute atomic E-state index is 0.165. The molecule has 3 heterocycles. The number of carbonyl (C=O) groups excluding carboxylic acids is 1. The number of aromatic nitrogens is 1. The first-order valence-corrected chi connectivity index (χ1v) is 8.99. The van der Waals surface area contributed by atoms with E-state index < -0.39 is 0 Å². The first-order valence-electron chi connectivity index (χ1n) is 8.99. The second-order valence-electron chi connectivity index (χ2n) is 7.02. The molecule has 2 aliphatic heterocycles. The summed E-state index contributed by atoms with van der Waals surface area (Å²) in [6.07, 6.45) is 11.0. The summed E-state index contributed by atoms with van der Waals surface area (Å²) in [5.41, 5.74) is 1.22. The van der Waals surface area contributed by atoms with Gasteiger partial charge in [0.15, 0.2) is 0 Å². The zero-order valence-electron chi connectivity index (χ0n) is 14.0. The average Bonchev–Trinajstić information content (AvgIpc) is 3.17.